The first-order valence-electron chi connectivity index (χ1n) is 25.6. The highest BCUT2D eigenvalue weighted by atomic mass is 16.7. The van der Waals surface area contributed by atoms with E-state index in [1.165, 1.54) is 0 Å². The van der Waals surface area contributed by atoms with Gasteiger partial charge in [0.15, 0.2) is 0 Å². The zero-order valence-electron chi connectivity index (χ0n) is 43.8. The van der Waals surface area contributed by atoms with Gasteiger partial charge in [0.05, 0.1) is 12.2 Å². The van der Waals surface area contributed by atoms with Crippen LogP contribution in [0.5, 0.6) is 0 Å². The van der Waals surface area contributed by atoms with Crippen LogP contribution in [0, 0.1) is 33.5 Å². The van der Waals surface area contributed by atoms with Crippen molar-refractivity contribution in [3.8, 4) is 0 Å². The van der Waals surface area contributed by atoms with E-state index in [1.54, 1.807) is 13.8 Å². The Bertz CT molecular complexity index is 1810. The van der Waals surface area contributed by atoms with Crippen LogP contribution >= 0.6 is 0 Å². The van der Waals surface area contributed by atoms with Crippen LogP contribution in [0.3, 0.4) is 0 Å². The molecule has 4 N–H and O–H groups in total. The Morgan fingerprint density at radius 3 is 1.34 bits per heavy atom. The number of carbonyl (C=O) groups excluding carboxylic acids is 4. The summed E-state index contributed by atoms with van der Waals surface area (Å²) < 4.78 is 48.0. The molecule has 0 radical (unpaired) electrons. The first-order chi connectivity index (χ1) is 33.3. The summed E-state index contributed by atoms with van der Waals surface area (Å²) in [5.74, 6) is 0.485. The Balaban J connectivity index is 1.07. The molecular formula is C53H84N4O14. The van der Waals surface area contributed by atoms with Gasteiger partial charge in [-0.3, -0.25) is 0 Å². The summed E-state index contributed by atoms with van der Waals surface area (Å²) in [6.45, 7) is 32.9. The predicted octanol–water partition coefficient (Wildman–Crippen LogP) is 8.13. The molecule has 6 rings (SSSR count). The van der Waals surface area contributed by atoms with Gasteiger partial charge in [-0.25, -0.2) is 19.2 Å². The third-order valence-electron chi connectivity index (χ3n) is 14.8. The van der Waals surface area contributed by atoms with E-state index in [0.717, 1.165) is 44.9 Å². The van der Waals surface area contributed by atoms with E-state index in [-0.39, 0.29) is 71.0 Å². The van der Waals surface area contributed by atoms with Gasteiger partial charge in [0.1, 0.15) is 50.2 Å². The number of hydrogen-bond acceptors (Lipinski definition) is 16. The van der Waals surface area contributed by atoms with Crippen molar-refractivity contribution in [2.75, 3.05) is 39.5 Å². The van der Waals surface area contributed by atoms with Gasteiger partial charge < -0.3 is 58.2 Å². The highest BCUT2D eigenvalue weighted by Crippen LogP contribution is 2.47. The van der Waals surface area contributed by atoms with E-state index in [1.807, 2.05) is 0 Å². The number of nitrogens with one attached hydrogen (secondary N) is 4. The molecule has 400 valence electrons. The predicted molar refractivity (Wildman–Crippen MR) is 262 cm³/mol. The summed E-state index contributed by atoms with van der Waals surface area (Å²) in [5.41, 5.74) is 5.75. The van der Waals surface area contributed by atoms with Crippen LogP contribution in [-0.2, 0) is 57.2 Å². The van der Waals surface area contributed by atoms with Gasteiger partial charge in [-0.05, 0) is 131 Å². The number of hydroxylamine groups is 2. The summed E-state index contributed by atoms with van der Waals surface area (Å²) in [6, 6.07) is -0.211. The highest BCUT2D eigenvalue weighted by molar-refractivity contribution is 5.87. The second-order valence-electron chi connectivity index (χ2n) is 23.8. The highest BCUT2D eigenvalue weighted by Gasteiger charge is 2.45. The van der Waals surface area contributed by atoms with Gasteiger partial charge in [-0.2, -0.15) is 0 Å². The van der Waals surface area contributed by atoms with E-state index in [4.69, 9.17) is 47.6 Å². The van der Waals surface area contributed by atoms with Crippen molar-refractivity contribution in [2.24, 2.45) is 33.5 Å². The standard InChI is InChI=1S/C53H84N4O14/c1-32(2)46(58)70-56-38-20-50(7,8)28-52(11,22-38)30-54-48(60)68-42-18-36(13-15-40(42)62-26-44-64-24-34(5)66-44)17-37-14-16-41(63-27-45-65-25-35(6)67-45)43(19-37)69-49(61)55-31-53(12)23-39(21-51(9,10)29-53)57-71-47(59)33(3)4/h36-45,56-57H,1,3,5-6,13-31H2,2,4,7-12H3,(H,54,60)(H,55,61). The van der Waals surface area contributed by atoms with Crippen molar-refractivity contribution in [3.63, 3.8) is 0 Å². The smallest absolute Gasteiger partial charge is 0.407 e. The van der Waals surface area contributed by atoms with Crippen LogP contribution in [-0.4, -0.2) is 113 Å². The number of alkyl carbamates (subject to hydrolysis) is 2. The molecule has 71 heavy (non-hydrogen) atoms. The normalized spacial score (nSPS) is 34.5. The monoisotopic (exact) mass is 1000 g/mol. The molecule has 0 spiro atoms. The van der Waals surface area contributed by atoms with Gasteiger partial charge in [-0.15, -0.1) is 11.0 Å². The van der Waals surface area contributed by atoms with Crippen molar-refractivity contribution in [1.29, 1.82) is 0 Å². The maximum atomic E-state index is 13.8. The van der Waals surface area contributed by atoms with Crippen molar-refractivity contribution < 1.29 is 66.7 Å². The van der Waals surface area contributed by atoms with E-state index in [0.29, 0.717) is 87.5 Å². The minimum absolute atomic E-state index is 0.0810. The fourth-order valence-electron chi connectivity index (χ4n) is 12.4. The molecule has 0 aromatic rings. The maximum Gasteiger partial charge on any atom is 0.407 e. The first kappa shape index (κ1) is 56.1. The summed E-state index contributed by atoms with van der Waals surface area (Å²) in [4.78, 5) is 62.5. The Kier molecular flexibility index (Phi) is 19.1. The van der Waals surface area contributed by atoms with E-state index < -0.39 is 48.9 Å². The van der Waals surface area contributed by atoms with Gasteiger partial charge in [-0.1, -0.05) is 67.9 Å². The molecule has 12 unspecified atom stereocenters. The molecule has 2 saturated heterocycles. The van der Waals surface area contributed by atoms with Crippen LogP contribution in [0.2, 0.25) is 0 Å². The Hall–Kier alpha value is -4.20. The summed E-state index contributed by atoms with van der Waals surface area (Å²) in [6.07, 6.45) is 5.62. The van der Waals surface area contributed by atoms with Crippen LogP contribution in [0.4, 0.5) is 9.59 Å². The minimum Gasteiger partial charge on any atom is -0.465 e. The average Bonchev–Trinajstić information content (AvgIpc) is 3.90. The van der Waals surface area contributed by atoms with E-state index in [9.17, 15) is 19.2 Å². The van der Waals surface area contributed by atoms with Crippen LogP contribution in [0.25, 0.3) is 0 Å². The zero-order chi connectivity index (χ0) is 51.7. The third-order valence-corrected chi connectivity index (χ3v) is 14.8. The lowest BCUT2D eigenvalue weighted by Crippen LogP contribution is -2.50. The number of amides is 2. The van der Waals surface area contributed by atoms with E-state index in [2.05, 4.69) is 89.5 Å². The Morgan fingerprint density at radius 1 is 0.592 bits per heavy atom. The first-order valence-corrected chi connectivity index (χ1v) is 25.6. The summed E-state index contributed by atoms with van der Waals surface area (Å²) in [7, 11) is 0. The fourth-order valence-corrected chi connectivity index (χ4v) is 12.4. The molecule has 18 heteroatoms. The Labute approximate surface area is 421 Å². The van der Waals surface area contributed by atoms with Crippen LogP contribution in [0.15, 0.2) is 49.0 Å². The van der Waals surface area contributed by atoms with Gasteiger partial charge >= 0.3 is 24.1 Å². The molecule has 6 fully saturated rings. The molecule has 12 atom stereocenters. The van der Waals surface area contributed by atoms with Crippen molar-refractivity contribution in [3.05, 3.63) is 49.0 Å². The quantitative estimate of drug-likeness (QED) is 0.0516. The molecule has 0 aromatic carbocycles. The molecule has 4 aliphatic carbocycles. The molecule has 2 amide bonds. The van der Waals surface area contributed by atoms with Crippen molar-refractivity contribution >= 4 is 24.1 Å². The number of ether oxygens (including phenoxy) is 8. The van der Waals surface area contributed by atoms with Crippen LogP contribution < -0.4 is 21.6 Å². The summed E-state index contributed by atoms with van der Waals surface area (Å²) in [5, 5.41) is 6.15. The van der Waals surface area contributed by atoms with Gasteiger partial charge in [0, 0.05) is 36.3 Å². The van der Waals surface area contributed by atoms with Crippen molar-refractivity contribution in [1.82, 2.24) is 21.6 Å². The van der Waals surface area contributed by atoms with Crippen molar-refractivity contribution in [2.45, 2.75) is 188 Å². The van der Waals surface area contributed by atoms with Gasteiger partial charge in [0.2, 0.25) is 12.6 Å². The zero-order valence-corrected chi connectivity index (χ0v) is 43.8. The largest absolute Gasteiger partial charge is 0.465 e. The number of rotatable bonds is 20. The third kappa shape index (κ3) is 17.5. The molecule has 2 heterocycles. The molecule has 0 bridgehead atoms. The number of carbonyl (C=O) groups is 4. The second-order valence-corrected chi connectivity index (χ2v) is 23.8. The fraction of sp³-hybridized carbons (Fsp3) is 0.774. The molecule has 2 aliphatic heterocycles. The SMILES string of the molecule is C=C1COC(COC2CCC(CC3CCC(OCC4OCC(=C)O4)C(OC(=O)NCC4(C)CC(NOC(=O)C(=C)C)CC(C)(C)C4)C3)CC2OC(=O)NCC2(C)CC(NOC(=O)C(=C)C)CC(C)(C)C2)O1. The Morgan fingerprint density at radius 2 is 0.986 bits per heavy atom. The number of hydrogen-bond donors (Lipinski definition) is 4. The maximum absolute atomic E-state index is 13.8. The van der Waals surface area contributed by atoms with Crippen LogP contribution in [0.1, 0.15) is 139 Å². The molecule has 4 saturated carbocycles. The molecular weight excluding hydrogens is 917 g/mol. The minimum atomic E-state index is -0.581. The van der Waals surface area contributed by atoms with Gasteiger partial charge in [0.25, 0.3) is 0 Å². The second kappa shape index (κ2) is 24.2. The lowest BCUT2D eigenvalue weighted by atomic mass is 9.62. The summed E-state index contributed by atoms with van der Waals surface area (Å²) >= 11 is 0. The average molecular weight is 1000 g/mol. The molecule has 6 aliphatic rings. The topological polar surface area (TPSA) is 209 Å². The molecule has 18 nitrogen and oxygen atoms in total. The lowest BCUT2D eigenvalue weighted by Gasteiger charge is -2.46. The molecule has 0 aromatic heterocycles. The lowest BCUT2D eigenvalue weighted by molar-refractivity contribution is -0.151. The van der Waals surface area contributed by atoms with E-state index >= 15 is 0 Å².